The molecule has 0 saturated carbocycles. The summed E-state index contributed by atoms with van der Waals surface area (Å²) in [5.74, 6) is 1.06. The molecule has 0 saturated heterocycles. The molecular weight excluding hydrogens is 621 g/mol. The van der Waals surface area contributed by atoms with E-state index in [1.54, 1.807) is 0 Å². The van der Waals surface area contributed by atoms with E-state index in [-0.39, 0.29) is 0 Å². The highest BCUT2D eigenvalue weighted by atomic mass is 16.3. The van der Waals surface area contributed by atoms with E-state index in [4.69, 9.17) is 14.4 Å². The van der Waals surface area contributed by atoms with Gasteiger partial charge in [-0.25, -0.2) is 9.97 Å². The second kappa shape index (κ2) is 12.1. The largest absolute Gasteiger partial charge is 0.455 e. The van der Waals surface area contributed by atoms with Crippen LogP contribution < -0.4 is 10.4 Å². The van der Waals surface area contributed by atoms with Gasteiger partial charge in [-0.05, 0) is 57.1 Å². The topological polar surface area (TPSA) is 38.9 Å². The van der Waals surface area contributed by atoms with Crippen molar-refractivity contribution in [2.75, 3.05) is 0 Å². The Labute approximate surface area is 295 Å². The third-order valence-electron chi connectivity index (χ3n) is 10.2. The summed E-state index contributed by atoms with van der Waals surface area (Å²) in [5.41, 5.74) is 10.2. The summed E-state index contributed by atoms with van der Waals surface area (Å²) < 4.78 is 6.72. The van der Waals surface area contributed by atoms with Crippen molar-refractivity contribution < 1.29 is 4.42 Å². The summed E-state index contributed by atoms with van der Waals surface area (Å²) in [4.78, 5) is 10.2. The van der Waals surface area contributed by atoms with E-state index >= 15 is 0 Å². The lowest BCUT2D eigenvalue weighted by Gasteiger charge is -2.16. The quantitative estimate of drug-likeness (QED) is 0.186. The van der Waals surface area contributed by atoms with Gasteiger partial charge in [0.15, 0.2) is 5.82 Å². The van der Waals surface area contributed by atoms with Crippen molar-refractivity contribution >= 4 is 44.9 Å². The van der Waals surface area contributed by atoms with Crippen LogP contribution in [0.4, 0.5) is 0 Å². The number of aromatic nitrogens is 2. The van der Waals surface area contributed by atoms with E-state index in [9.17, 15) is 0 Å². The fraction of sp³-hybridized carbons (Fsp3) is 0.0417. The number of fused-ring (bicyclic) bond motifs is 6. The van der Waals surface area contributed by atoms with Crippen molar-refractivity contribution in [1.29, 1.82) is 0 Å². The smallest absolute Gasteiger partial charge is 0.160 e. The van der Waals surface area contributed by atoms with Crippen molar-refractivity contribution in [1.82, 2.24) is 9.97 Å². The monoisotopic (exact) mass is 652 g/mol. The van der Waals surface area contributed by atoms with Gasteiger partial charge in [0.2, 0.25) is 0 Å². The van der Waals surface area contributed by atoms with Gasteiger partial charge in [0.05, 0.1) is 11.4 Å². The third kappa shape index (κ3) is 5.14. The minimum Gasteiger partial charge on any atom is -0.455 e. The van der Waals surface area contributed by atoms with Gasteiger partial charge in [0.1, 0.15) is 11.2 Å². The Balaban J connectivity index is 1.16. The molecule has 0 N–H and O–H groups in total. The summed E-state index contributed by atoms with van der Waals surface area (Å²) in [6.07, 6.45) is 5.78. The first kappa shape index (κ1) is 29.3. The van der Waals surface area contributed by atoms with Crippen LogP contribution in [-0.2, 0) is 0 Å². The number of furan rings is 1. The normalized spacial score (nSPS) is 13.9. The van der Waals surface area contributed by atoms with E-state index in [2.05, 4.69) is 140 Å². The Morgan fingerprint density at radius 2 is 1.18 bits per heavy atom. The van der Waals surface area contributed by atoms with Crippen molar-refractivity contribution in [2.24, 2.45) is 0 Å². The Morgan fingerprint density at radius 3 is 1.98 bits per heavy atom. The van der Waals surface area contributed by atoms with E-state index in [1.165, 1.54) is 32.5 Å². The lowest BCUT2D eigenvalue weighted by molar-refractivity contribution is 0.673. The van der Waals surface area contributed by atoms with Crippen molar-refractivity contribution in [2.45, 2.75) is 12.3 Å². The first-order chi connectivity index (χ1) is 25.3. The number of nitrogens with zero attached hydrogens (tertiary/aromatic N) is 2. The molecule has 0 fully saturated rings. The second-order valence-electron chi connectivity index (χ2n) is 13.3. The van der Waals surface area contributed by atoms with Crippen LogP contribution in [0.5, 0.6) is 0 Å². The number of rotatable bonds is 5. The van der Waals surface area contributed by atoms with Gasteiger partial charge in [-0.2, -0.15) is 0 Å². The summed E-state index contributed by atoms with van der Waals surface area (Å²) in [6.45, 7) is 0. The first-order valence-corrected chi connectivity index (χ1v) is 17.5. The van der Waals surface area contributed by atoms with Gasteiger partial charge in [-0.15, -0.1) is 0 Å². The molecule has 1 atom stereocenters. The van der Waals surface area contributed by atoms with E-state index in [1.807, 2.05) is 36.4 Å². The van der Waals surface area contributed by atoms with Gasteiger partial charge in [0.25, 0.3) is 0 Å². The summed E-state index contributed by atoms with van der Waals surface area (Å²) in [6, 6.07) is 57.6. The van der Waals surface area contributed by atoms with Crippen LogP contribution in [0.3, 0.4) is 0 Å². The van der Waals surface area contributed by atoms with Gasteiger partial charge in [-0.3, -0.25) is 0 Å². The predicted octanol–water partition coefficient (Wildman–Crippen LogP) is 10.9. The van der Waals surface area contributed by atoms with Gasteiger partial charge >= 0.3 is 0 Å². The fourth-order valence-electron chi connectivity index (χ4n) is 7.69. The number of hydrogen-bond donors (Lipinski definition) is 0. The Hall–Kier alpha value is -6.58. The van der Waals surface area contributed by atoms with Crippen LogP contribution >= 0.6 is 0 Å². The zero-order valence-electron chi connectivity index (χ0n) is 27.8. The maximum Gasteiger partial charge on any atom is 0.160 e. The maximum atomic E-state index is 6.72. The van der Waals surface area contributed by atoms with Crippen LogP contribution in [0, 0.1) is 0 Å². The molecule has 0 spiro atoms. The standard InChI is InChI=1S/C48H32N2O/c1-3-13-34(14-4-1)43-30-44(50-48(49-43)35-15-5-2-6-16-35)40-20-11-21-45-46(40)42-29-41(38-18-9-10-19-39(38)47(42)51-45)33-25-22-32(23-26-33)37-27-24-31-12-7-8-17-36(31)28-37/h1-26,28-30,37H,27H2. The van der Waals surface area contributed by atoms with E-state index < -0.39 is 0 Å². The minimum atomic E-state index is 0.364. The molecule has 3 nitrogen and oxygen atoms in total. The Kier molecular flexibility index (Phi) is 6.95. The molecular formula is C48H32N2O. The van der Waals surface area contributed by atoms with Gasteiger partial charge in [0, 0.05) is 38.8 Å². The van der Waals surface area contributed by atoms with Crippen LogP contribution in [0.1, 0.15) is 17.9 Å². The van der Waals surface area contributed by atoms with Crippen LogP contribution in [0.2, 0.25) is 0 Å². The molecule has 3 heteroatoms. The summed E-state index contributed by atoms with van der Waals surface area (Å²) in [5, 5.41) is 7.04. The highest BCUT2D eigenvalue weighted by molar-refractivity contribution is 6.22. The highest BCUT2D eigenvalue weighted by Gasteiger charge is 2.20. The molecule has 0 amide bonds. The molecule has 51 heavy (non-hydrogen) atoms. The zero-order chi connectivity index (χ0) is 33.7. The van der Waals surface area contributed by atoms with Gasteiger partial charge in [-0.1, -0.05) is 158 Å². The van der Waals surface area contributed by atoms with Crippen molar-refractivity contribution in [3.63, 3.8) is 0 Å². The van der Waals surface area contributed by atoms with Crippen LogP contribution in [-0.4, -0.2) is 9.97 Å². The van der Waals surface area contributed by atoms with Crippen molar-refractivity contribution in [3.8, 4) is 45.0 Å². The molecule has 2 heterocycles. The molecule has 9 aromatic rings. The molecule has 7 aromatic carbocycles. The molecule has 1 aliphatic carbocycles. The average molecular weight is 653 g/mol. The minimum absolute atomic E-state index is 0.364. The van der Waals surface area contributed by atoms with E-state index in [0.717, 1.165) is 61.8 Å². The third-order valence-corrected chi connectivity index (χ3v) is 10.2. The molecule has 10 rings (SSSR count). The molecule has 240 valence electrons. The highest BCUT2D eigenvalue weighted by Crippen LogP contribution is 2.43. The molecule has 1 aliphatic rings. The zero-order valence-corrected chi connectivity index (χ0v) is 27.8. The second-order valence-corrected chi connectivity index (χ2v) is 13.3. The van der Waals surface area contributed by atoms with Crippen LogP contribution in [0.15, 0.2) is 168 Å². The average Bonchev–Trinajstić information content (AvgIpc) is 3.60. The number of hydrogen-bond acceptors (Lipinski definition) is 3. The molecule has 2 aromatic heterocycles. The molecule has 1 unspecified atom stereocenters. The molecule has 0 bridgehead atoms. The Bertz CT molecular complexity index is 2810. The fourth-order valence-corrected chi connectivity index (χ4v) is 7.69. The summed E-state index contributed by atoms with van der Waals surface area (Å²) in [7, 11) is 0. The predicted molar refractivity (Wildman–Crippen MR) is 211 cm³/mol. The number of benzene rings is 7. The maximum absolute atomic E-state index is 6.72. The van der Waals surface area contributed by atoms with Crippen LogP contribution in [0.25, 0.3) is 89.9 Å². The Morgan fingerprint density at radius 1 is 0.490 bits per heavy atom. The molecule has 0 radical (unpaired) electrons. The molecule has 0 aliphatic heterocycles. The summed E-state index contributed by atoms with van der Waals surface area (Å²) >= 11 is 0. The lowest BCUT2D eigenvalue weighted by Crippen LogP contribution is -2.27. The lowest BCUT2D eigenvalue weighted by atomic mass is 9.88. The SMILES string of the molecule is C1=c2ccccc2=CC(c2ccc(-c3cc4c(oc5cccc(-c6cc(-c7ccccc7)nc(-c7ccccc7)n6)c54)c4ccccc34)cc2)C1. The van der Waals surface area contributed by atoms with E-state index in [0.29, 0.717) is 11.7 Å². The van der Waals surface area contributed by atoms with Gasteiger partial charge < -0.3 is 4.42 Å². The first-order valence-electron chi connectivity index (χ1n) is 17.5. The van der Waals surface area contributed by atoms with Crippen molar-refractivity contribution in [3.05, 3.63) is 180 Å².